The molecule has 2 aromatic carbocycles. The van der Waals surface area contributed by atoms with E-state index in [1.54, 1.807) is 49.7 Å². The van der Waals surface area contributed by atoms with E-state index in [-0.39, 0.29) is 11.7 Å². The van der Waals surface area contributed by atoms with E-state index >= 15 is 0 Å². The second-order valence-corrected chi connectivity index (χ2v) is 6.82. The molecule has 1 amide bonds. The number of rotatable bonds is 3. The SMILES string of the molecule is COc1cccc(NC(=O)c2cn3c4c(ccc(Cl)c4c2=O)OC(C)C3)c1. The molecule has 0 radical (unpaired) electrons. The van der Waals surface area contributed by atoms with E-state index in [9.17, 15) is 9.59 Å². The van der Waals surface area contributed by atoms with Crippen LogP contribution in [0.25, 0.3) is 10.9 Å². The highest BCUT2D eigenvalue weighted by Crippen LogP contribution is 2.33. The van der Waals surface area contributed by atoms with Gasteiger partial charge in [0.15, 0.2) is 0 Å². The van der Waals surface area contributed by atoms with Gasteiger partial charge in [-0.05, 0) is 31.2 Å². The minimum atomic E-state index is -0.500. The van der Waals surface area contributed by atoms with Gasteiger partial charge in [0.25, 0.3) is 5.91 Å². The van der Waals surface area contributed by atoms with Crippen molar-refractivity contribution < 1.29 is 14.3 Å². The lowest BCUT2D eigenvalue weighted by Crippen LogP contribution is -2.30. The first-order valence-electron chi connectivity index (χ1n) is 8.45. The molecule has 0 fully saturated rings. The van der Waals surface area contributed by atoms with Crippen LogP contribution < -0.4 is 20.2 Å². The van der Waals surface area contributed by atoms with Crippen LogP contribution in [0, 0.1) is 0 Å². The summed E-state index contributed by atoms with van der Waals surface area (Å²) >= 11 is 6.28. The van der Waals surface area contributed by atoms with Crippen LogP contribution in [0.5, 0.6) is 11.5 Å². The minimum absolute atomic E-state index is 0.0264. The molecule has 1 N–H and O–H groups in total. The largest absolute Gasteiger partial charge is 0.497 e. The van der Waals surface area contributed by atoms with Crippen molar-refractivity contribution in [1.29, 1.82) is 0 Å². The van der Waals surface area contributed by atoms with Crippen molar-refractivity contribution in [3.05, 3.63) is 63.4 Å². The molecule has 2 heterocycles. The van der Waals surface area contributed by atoms with Gasteiger partial charge in [-0.1, -0.05) is 17.7 Å². The summed E-state index contributed by atoms with van der Waals surface area (Å²) in [7, 11) is 1.55. The first kappa shape index (κ1) is 17.4. The van der Waals surface area contributed by atoms with Crippen molar-refractivity contribution in [1.82, 2.24) is 4.57 Å². The molecule has 27 heavy (non-hydrogen) atoms. The van der Waals surface area contributed by atoms with Crippen LogP contribution in [0.2, 0.25) is 5.02 Å². The number of anilines is 1. The smallest absolute Gasteiger partial charge is 0.261 e. The summed E-state index contributed by atoms with van der Waals surface area (Å²) in [6, 6.07) is 10.3. The Balaban J connectivity index is 1.83. The maximum absolute atomic E-state index is 13.0. The number of methoxy groups -OCH3 is 1. The monoisotopic (exact) mass is 384 g/mol. The summed E-state index contributed by atoms with van der Waals surface area (Å²) in [6.07, 6.45) is 1.48. The predicted molar refractivity (Wildman–Crippen MR) is 104 cm³/mol. The van der Waals surface area contributed by atoms with E-state index < -0.39 is 11.3 Å². The molecule has 0 saturated carbocycles. The Bertz CT molecular complexity index is 1120. The molecule has 1 unspecified atom stereocenters. The number of carbonyl (C=O) groups is 1. The van der Waals surface area contributed by atoms with Crippen molar-refractivity contribution in [3.63, 3.8) is 0 Å². The summed E-state index contributed by atoms with van der Waals surface area (Å²) < 4.78 is 12.8. The zero-order chi connectivity index (χ0) is 19.1. The van der Waals surface area contributed by atoms with Gasteiger partial charge in [0.1, 0.15) is 23.2 Å². The Morgan fingerprint density at radius 1 is 1.33 bits per heavy atom. The van der Waals surface area contributed by atoms with E-state index in [1.165, 1.54) is 0 Å². The zero-order valence-electron chi connectivity index (χ0n) is 14.8. The molecule has 0 bridgehead atoms. The lowest BCUT2D eigenvalue weighted by molar-refractivity contribution is 0.102. The van der Waals surface area contributed by atoms with Crippen LogP contribution in [0.15, 0.2) is 47.4 Å². The lowest BCUT2D eigenvalue weighted by atomic mass is 10.1. The maximum Gasteiger partial charge on any atom is 0.261 e. The van der Waals surface area contributed by atoms with Crippen molar-refractivity contribution in [2.45, 2.75) is 19.6 Å². The number of carbonyl (C=O) groups excluding carboxylic acids is 1. The highest BCUT2D eigenvalue weighted by atomic mass is 35.5. The van der Waals surface area contributed by atoms with Gasteiger partial charge in [-0.25, -0.2) is 0 Å². The number of hydrogen-bond acceptors (Lipinski definition) is 4. The van der Waals surface area contributed by atoms with Crippen LogP contribution in [0.1, 0.15) is 17.3 Å². The fourth-order valence-electron chi connectivity index (χ4n) is 3.29. The summed E-state index contributed by atoms with van der Waals surface area (Å²) in [5.74, 6) is 0.696. The highest BCUT2D eigenvalue weighted by molar-refractivity contribution is 6.35. The average molecular weight is 385 g/mol. The fourth-order valence-corrected chi connectivity index (χ4v) is 3.53. The molecule has 1 aliphatic rings. The standard InChI is InChI=1S/C20H17ClN2O4/c1-11-9-23-10-14(20(25)22-12-4-3-5-13(8-12)26-2)19(24)17-15(21)6-7-16(27-11)18(17)23/h3-8,10-11H,9H2,1-2H3,(H,22,25). The Hall–Kier alpha value is -2.99. The number of hydrogen-bond donors (Lipinski definition) is 1. The molecule has 3 aromatic rings. The Morgan fingerprint density at radius 2 is 2.15 bits per heavy atom. The van der Waals surface area contributed by atoms with E-state index in [4.69, 9.17) is 21.1 Å². The topological polar surface area (TPSA) is 69.6 Å². The molecule has 1 atom stereocenters. The van der Waals surface area contributed by atoms with Gasteiger partial charge >= 0.3 is 0 Å². The minimum Gasteiger partial charge on any atom is -0.497 e. The molecule has 1 aliphatic heterocycles. The molecule has 0 spiro atoms. The van der Waals surface area contributed by atoms with Crippen LogP contribution in [-0.4, -0.2) is 23.7 Å². The van der Waals surface area contributed by atoms with E-state index in [1.807, 2.05) is 11.5 Å². The van der Waals surface area contributed by atoms with Crippen LogP contribution in [-0.2, 0) is 6.54 Å². The number of nitrogens with one attached hydrogen (secondary N) is 1. The van der Waals surface area contributed by atoms with Gasteiger partial charge in [0, 0.05) is 18.0 Å². The number of halogens is 1. The van der Waals surface area contributed by atoms with Gasteiger partial charge in [-0.15, -0.1) is 0 Å². The molecular weight excluding hydrogens is 368 g/mol. The van der Waals surface area contributed by atoms with Crippen molar-refractivity contribution in [2.24, 2.45) is 0 Å². The summed E-state index contributed by atoms with van der Waals surface area (Å²) in [4.78, 5) is 25.8. The summed E-state index contributed by atoms with van der Waals surface area (Å²) in [6.45, 7) is 2.45. The number of amides is 1. The van der Waals surface area contributed by atoms with E-state index in [2.05, 4.69) is 5.32 Å². The molecular formula is C20H17ClN2O4. The Labute approximate surface area is 160 Å². The molecule has 138 valence electrons. The van der Waals surface area contributed by atoms with Crippen LogP contribution in [0.4, 0.5) is 5.69 Å². The average Bonchev–Trinajstić information content (AvgIpc) is 2.65. The van der Waals surface area contributed by atoms with E-state index in [0.717, 1.165) is 0 Å². The first-order chi connectivity index (χ1) is 13.0. The number of pyridine rings is 1. The van der Waals surface area contributed by atoms with E-state index in [0.29, 0.717) is 39.7 Å². The maximum atomic E-state index is 13.0. The van der Waals surface area contributed by atoms with Gasteiger partial charge in [-0.3, -0.25) is 9.59 Å². The van der Waals surface area contributed by atoms with Crippen molar-refractivity contribution >= 4 is 34.1 Å². The first-order valence-corrected chi connectivity index (χ1v) is 8.83. The second kappa shape index (κ2) is 6.63. The Morgan fingerprint density at radius 3 is 2.93 bits per heavy atom. The van der Waals surface area contributed by atoms with Gasteiger partial charge in [-0.2, -0.15) is 0 Å². The van der Waals surface area contributed by atoms with Gasteiger partial charge in [0.2, 0.25) is 5.43 Å². The zero-order valence-corrected chi connectivity index (χ0v) is 15.5. The molecule has 0 saturated heterocycles. The summed E-state index contributed by atoms with van der Waals surface area (Å²) in [5.41, 5.74) is 0.752. The third-order valence-electron chi connectivity index (χ3n) is 4.49. The Kier molecular flexibility index (Phi) is 4.28. The quantitative estimate of drug-likeness (QED) is 0.747. The van der Waals surface area contributed by atoms with Crippen molar-refractivity contribution in [3.8, 4) is 11.5 Å². The number of ether oxygens (including phenoxy) is 2. The lowest BCUT2D eigenvalue weighted by Gasteiger charge is -2.26. The number of aromatic nitrogens is 1. The third kappa shape index (κ3) is 3.02. The highest BCUT2D eigenvalue weighted by Gasteiger charge is 2.24. The second-order valence-electron chi connectivity index (χ2n) is 6.41. The molecule has 0 aliphatic carbocycles. The molecule has 6 nitrogen and oxygen atoms in total. The van der Waals surface area contributed by atoms with Crippen LogP contribution in [0.3, 0.4) is 0 Å². The van der Waals surface area contributed by atoms with Crippen molar-refractivity contribution in [2.75, 3.05) is 12.4 Å². The number of benzene rings is 2. The normalized spacial score (nSPS) is 15.3. The van der Waals surface area contributed by atoms with Gasteiger partial charge < -0.3 is 19.4 Å². The fraction of sp³-hybridized carbons (Fsp3) is 0.200. The molecule has 7 heteroatoms. The van der Waals surface area contributed by atoms with Crippen LogP contribution >= 0.6 is 11.6 Å². The number of nitrogens with zero attached hydrogens (tertiary/aromatic N) is 1. The molecule has 4 rings (SSSR count). The summed E-state index contributed by atoms with van der Waals surface area (Å²) in [5, 5.41) is 3.33. The predicted octanol–water partition coefficient (Wildman–Crippen LogP) is 3.70. The third-order valence-corrected chi connectivity index (χ3v) is 4.80. The van der Waals surface area contributed by atoms with Gasteiger partial charge in [0.05, 0.1) is 29.6 Å². The molecule has 1 aromatic heterocycles.